The van der Waals surface area contributed by atoms with Crippen molar-refractivity contribution in [1.82, 2.24) is 10.2 Å². The molecule has 1 amide bonds. The van der Waals surface area contributed by atoms with Gasteiger partial charge in [0, 0.05) is 17.6 Å². The number of carbonyl (C=O) groups is 1. The fourth-order valence-corrected chi connectivity index (χ4v) is 4.65. The molecule has 1 N–H and O–H groups in total. The number of nitrogens with zero attached hydrogens (tertiary/aromatic N) is 1. The molecule has 0 aromatic heterocycles. The van der Waals surface area contributed by atoms with Crippen molar-refractivity contribution < 1.29 is 4.79 Å². The standard InChI is InChI=1S/C19H27BrN2O/c1-21-13-15-5-4-12-22(14-15)18(23)19(10-2-3-11-19)16-6-8-17(20)9-7-16/h6-9,15,21H,2-5,10-14H2,1H3. The van der Waals surface area contributed by atoms with E-state index >= 15 is 0 Å². The first-order valence-electron chi connectivity index (χ1n) is 8.86. The number of carbonyl (C=O) groups excluding carboxylic acids is 1. The molecule has 126 valence electrons. The highest BCUT2D eigenvalue weighted by molar-refractivity contribution is 9.10. The highest BCUT2D eigenvalue weighted by atomic mass is 79.9. The van der Waals surface area contributed by atoms with Crippen LogP contribution in [0.5, 0.6) is 0 Å². The molecule has 0 spiro atoms. The number of piperidine rings is 1. The van der Waals surface area contributed by atoms with E-state index in [1.165, 1.54) is 12.0 Å². The Kier molecular flexibility index (Phi) is 5.42. The minimum Gasteiger partial charge on any atom is -0.342 e. The van der Waals surface area contributed by atoms with Gasteiger partial charge in [-0.2, -0.15) is 0 Å². The van der Waals surface area contributed by atoms with Gasteiger partial charge in [-0.25, -0.2) is 0 Å². The Hall–Kier alpha value is -0.870. The average molecular weight is 379 g/mol. The summed E-state index contributed by atoms with van der Waals surface area (Å²) in [6.45, 7) is 2.85. The van der Waals surface area contributed by atoms with Gasteiger partial charge in [0.2, 0.25) is 5.91 Å². The molecule has 2 aliphatic rings. The van der Waals surface area contributed by atoms with E-state index in [9.17, 15) is 4.79 Å². The topological polar surface area (TPSA) is 32.3 Å². The third-order valence-electron chi connectivity index (χ3n) is 5.56. The largest absolute Gasteiger partial charge is 0.342 e. The molecule has 1 aromatic carbocycles. The number of nitrogens with one attached hydrogen (secondary N) is 1. The predicted molar refractivity (Wildman–Crippen MR) is 97.5 cm³/mol. The lowest BCUT2D eigenvalue weighted by atomic mass is 9.77. The van der Waals surface area contributed by atoms with Crippen LogP contribution in [0.2, 0.25) is 0 Å². The van der Waals surface area contributed by atoms with Crippen LogP contribution in [-0.2, 0) is 10.2 Å². The fourth-order valence-electron chi connectivity index (χ4n) is 4.38. The lowest BCUT2D eigenvalue weighted by molar-refractivity contribution is -0.139. The van der Waals surface area contributed by atoms with Crippen molar-refractivity contribution in [2.45, 2.75) is 43.9 Å². The normalized spacial score (nSPS) is 23.9. The minimum absolute atomic E-state index is 0.276. The maximum atomic E-state index is 13.5. The van der Waals surface area contributed by atoms with E-state index in [4.69, 9.17) is 0 Å². The molecule has 1 heterocycles. The molecule has 3 rings (SSSR count). The Morgan fingerprint density at radius 3 is 2.61 bits per heavy atom. The highest BCUT2D eigenvalue weighted by Gasteiger charge is 2.45. The average Bonchev–Trinajstić information content (AvgIpc) is 3.06. The van der Waals surface area contributed by atoms with E-state index < -0.39 is 0 Å². The molecule has 1 unspecified atom stereocenters. The number of hydrogen-bond donors (Lipinski definition) is 1. The summed E-state index contributed by atoms with van der Waals surface area (Å²) in [6.07, 6.45) is 6.69. The van der Waals surface area contributed by atoms with Gasteiger partial charge in [0.25, 0.3) is 0 Å². The fraction of sp³-hybridized carbons (Fsp3) is 0.632. The predicted octanol–water partition coefficient (Wildman–Crippen LogP) is 3.72. The molecule has 1 saturated heterocycles. The van der Waals surface area contributed by atoms with Gasteiger partial charge >= 0.3 is 0 Å². The first kappa shape index (κ1) is 17.0. The van der Waals surface area contributed by atoms with Crippen LogP contribution in [0.15, 0.2) is 28.7 Å². The number of hydrogen-bond acceptors (Lipinski definition) is 2. The summed E-state index contributed by atoms with van der Waals surface area (Å²) in [5.41, 5.74) is 0.932. The number of amides is 1. The van der Waals surface area contributed by atoms with Gasteiger partial charge in [-0.05, 0) is 62.9 Å². The van der Waals surface area contributed by atoms with Crippen LogP contribution in [0.3, 0.4) is 0 Å². The summed E-state index contributed by atoms with van der Waals surface area (Å²) in [5, 5.41) is 3.27. The molecule has 4 heteroatoms. The first-order chi connectivity index (χ1) is 11.2. The summed E-state index contributed by atoms with van der Waals surface area (Å²) in [6, 6.07) is 8.43. The van der Waals surface area contributed by atoms with E-state index in [2.05, 4.69) is 50.4 Å². The summed E-state index contributed by atoms with van der Waals surface area (Å²) >= 11 is 3.51. The summed E-state index contributed by atoms with van der Waals surface area (Å²) in [4.78, 5) is 15.6. The molecule has 3 nitrogen and oxygen atoms in total. The van der Waals surface area contributed by atoms with Crippen molar-refractivity contribution in [1.29, 1.82) is 0 Å². The van der Waals surface area contributed by atoms with Gasteiger partial charge in [0.05, 0.1) is 5.41 Å². The van der Waals surface area contributed by atoms with Gasteiger partial charge in [0.15, 0.2) is 0 Å². The van der Waals surface area contributed by atoms with Crippen molar-refractivity contribution in [3.8, 4) is 0 Å². The number of likely N-dealkylation sites (tertiary alicyclic amines) is 1. The molecule has 1 saturated carbocycles. The second kappa shape index (κ2) is 7.35. The molecule has 0 bridgehead atoms. The van der Waals surface area contributed by atoms with Gasteiger partial charge in [-0.1, -0.05) is 40.9 Å². The molecule has 1 aliphatic carbocycles. The van der Waals surface area contributed by atoms with E-state index in [0.717, 1.165) is 56.2 Å². The second-order valence-corrected chi connectivity index (χ2v) is 8.03. The van der Waals surface area contributed by atoms with Crippen LogP contribution in [0, 0.1) is 5.92 Å². The van der Waals surface area contributed by atoms with E-state index in [1.54, 1.807) is 0 Å². The van der Waals surface area contributed by atoms with Crippen LogP contribution >= 0.6 is 15.9 Å². The van der Waals surface area contributed by atoms with Crippen LogP contribution < -0.4 is 5.32 Å². The minimum atomic E-state index is -0.276. The Morgan fingerprint density at radius 2 is 1.96 bits per heavy atom. The molecule has 1 aromatic rings. The van der Waals surface area contributed by atoms with Gasteiger partial charge < -0.3 is 10.2 Å². The molecule has 0 radical (unpaired) electrons. The molecule has 1 aliphatic heterocycles. The molecule has 2 fully saturated rings. The number of benzene rings is 1. The van der Waals surface area contributed by atoms with Gasteiger partial charge in [-0.15, -0.1) is 0 Å². The first-order valence-corrected chi connectivity index (χ1v) is 9.65. The maximum Gasteiger partial charge on any atom is 0.233 e. The van der Waals surface area contributed by atoms with E-state index in [0.29, 0.717) is 11.8 Å². The second-order valence-electron chi connectivity index (χ2n) is 7.11. The van der Waals surface area contributed by atoms with Crippen LogP contribution in [0.1, 0.15) is 44.1 Å². The van der Waals surface area contributed by atoms with E-state index in [1.807, 2.05) is 7.05 Å². The zero-order valence-electron chi connectivity index (χ0n) is 14.0. The molecule has 1 atom stereocenters. The quantitative estimate of drug-likeness (QED) is 0.865. The maximum absolute atomic E-state index is 13.5. The molecular formula is C19H27BrN2O. The Labute approximate surface area is 148 Å². The van der Waals surface area contributed by atoms with Crippen LogP contribution in [0.4, 0.5) is 0 Å². The Bertz CT molecular complexity index is 535. The third kappa shape index (κ3) is 3.48. The number of rotatable bonds is 4. The highest BCUT2D eigenvalue weighted by Crippen LogP contribution is 2.43. The van der Waals surface area contributed by atoms with Gasteiger partial charge in [-0.3, -0.25) is 4.79 Å². The Balaban J connectivity index is 1.83. The zero-order valence-corrected chi connectivity index (χ0v) is 15.6. The van der Waals surface area contributed by atoms with Crippen molar-refractivity contribution in [2.75, 3.05) is 26.7 Å². The van der Waals surface area contributed by atoms with E-state index in [-0.39, 0.29) is 5.41 Å². The zero-order chi connectivity index (χ0) is 16.3. The lowest BCUT2D eigenvalue weighted by Crippen LogP contribution is -2.50. The van der Waals surface area contributed by atoms with Crippen LogP contribution in [0.25, 0.3) is 0 Å². The summed E-state index contributed by atoms with van der Waals surface area (Å²) in [7, 11) is 2.00. The Morgan fingerprint density at radius 1 is 1.26 bits per heavy atom. The molecule has 23 heavy (non-hydrogen) atoms. The van der Waals surface area contributed by atoms with Crippen molar-refractivity contribution >= 4 is 21.8 Å². The van der Waals surface area contributed by atoms with Crippen molar-refractivity contribution in [2.24, 2.45) is 5.92 Å². The SMILES string of the molecule is CNCC1CCCN(C(=O)C2(c3ccc(Br)cc3)CCCC2)C1. The molecular weight excluding hydrogens is 352 g/mol. The summed E-state index contributed by atoms with van der Waals surface area (Å²) < 4.78 is 1.08. The third-order valence-corrected chi connectivity index (χ3v) is 6.09. The van der Waals surface area contributed by atoms with Crippen LogP contribution in [-0.4, -0.2) is 37.5 Å². The monoisotopic (exact) mass is 378 g/mol. The number of halogens is 1. The smallest absolute Gasteiger partial charge is 0.233 e. The van der Waals surface area contributed by atoms with Gasteiger partial charge in [0.1, 0.15) is 0 Å². The van der Waals surface area contributed by atoms with Crippen molar-refractivity contribution in [3.05, 3.63) is 34.3 Å². The lowest BCUT2D eigenvalue weighted by Gasteiger charge is -2.39. The summed E-state index contributed by atoms with van der Waals surface area (Å²) in [5.74, 6) is 0.971. The van der Waals surface area contributed by atoms with Crippen molar-refractivity contribution in [3.63, 3.8) is 0 Å².